The van der Waals surface area contributed by atoms with Crippen molar-refractivity contribution in [3.8, 4) is 0 Å². The number of thiazole rings is 1. The van der Waals surface area contributed by atoms with Gasteiger partial charge in [-0.15, -0.1) is 0 Å². The average Bonchev–Trinajstić information content (AvgIpc) is 2.77. The average molecular weight is 279 g/mol. The second-order valence-corrected chi connectivity index (χ2v) is 5.34. The summed E-state index contributed by atoms with van der Waals surface area (Å²) in [5.41, 5.74) is 7.07. The Hall–Kier alpha value is -1.66. The van der Waals surface area contributed by atoms with Crippen molar-refractivity contribution in [2.75, 3.05) is 18.9 Å². The normalized spacial score (nSPS) is 10.8. The lowest BCUT2D eigenvalue weighted by atomic mass is 10.2. The highest BCUT2D eigenvalue weighted by Gasteiger charge is 2.08. The number of nitrogens with one attached hydrogen (secondary N) is 1. The number of carbonyl (C=O) groups excluding carboxylic acids is 1. The van der Waals surface area contributed by atoms with Crippen LogP contribution in [0.25, 0.3) is 10.2 Å². The van der Waals surface area contributed by atoms with Crippen LogP contribution >= 0.6 is 11.3 Å². The van der Waals surface area contributed by atoms with E-state index in [-0.39, 0.29) is 12.5 Å². The quantitative estimate of drug-likeness (QED) is 0.703. The molecular formula is C13H17N3O2S. The summed E-state index contributed by atoms with van der Waals surface area (Å²) >= 11 is 1.38. The number of amides is 1. The van der Waals surface area contributed by atoms with E-state index in [4.69, 9.17) is 10.8 Å². The lowest BCUT2D eigenvalue weighted by molar-refractivity contribution is 0.0953. The highest BCUT2D eigenvalue weighted by Crippen LogP contribution is 2.24. The third-order valence-electron chi connectivity index (χ3n) is 2.79. The molecule has 6 heteroatoms. The first-order chi connectivity index (χ1) is 9.20. The molecule has 0 fully saturated rings. The topological polar surface area (TPSA) is 88.2 Å². The molecule has 1 aromatic carbocycles. The largest absolute Gasteiger partial charge is 0.396 e. The van der Waals surface area contributed by atoms with Crippen LogP contribution in [0.4, 0.5) is 5.13 Å². The Labute approximate surface area is 115 Å². The molecule has 0 saturated carbocycles. The van der Waals surface area contributed by atoms with E-state index < -0.39 is 0 Å². The summed E-state index contributed by atoms with van der Waals surface area (Å²) in [4.78, 5) is 16.1. The number of nitrogens with two attached hydrogens (primary N) is 1. The molecule has 1 amide bonds. The highest BCUT2D eigenvalue weighted by atomic mass is 32.1. The van der Waals surface area contributed by atoms with Gasteiger partial charge < -0.3 is 16.2 Å². The monoisotopic (exact) mass is 279 g/mol. The molecule has 2 aromatic rings. The number of aromatic nitrogens is 1. The van der Waals surface area contributed by atoms with Crippen LogP contribution in [-0.4, -0.2) is 29.1 Å². The number of benzene rings is 1. The predicted octanol–water partition coefficient (Wildman–Crippen LogP) is 1.77. The summed E-state index contributed by atoms with van der Waals surface area (Å²) in [7, 11) is 0. The molecule has 0 atom stereocenters. The fraction of sp³-hybridized carbons (Fsp3) is 0.385. The lowest BCUT2D eigenvalue weighted by Gasteiger charge is -2.04. The van der Waals surface area contributed by atoms with Crippen molar-refractivity contribution in [3.63, 3.8) is 0 Å². The van der Waals surface area contributed by atoms with E-state index in [2.05, 4.69) is 10.3 Å². The van der Waals surface area contributed by atoms with E-state index in [9.17, 15) is 4.79 Å². The molecule has 0 unspecified atom stereocenters. The number of anilines is 1. The molecule has 2 rings (SSSR count). The van der Waals surface area contributed by atoms with Crippen molar-refractivity contribution >= 4 is 32.6 Å². The number of nitrogens with zero attached hydrogens (tertiary/aromatic N) is 1. The van der Waals surface area contributed by atoms with Crippen LogP contribution in [0.15, 0.2) is 18.2 Å². The maximum atomic E-state index is 11.9. The molecule has 4 N–H and O–H groups in total. The summed E-state index contributed by atoms with van der Waals surface area (Å²) in [6.07, 6.45) is 2.57. The molecule has 1 aromatic heterocycles. The van der Waals surface area contributed by atoms with E-state index in [1.165, 1.54) is 11.3 Å². The molecule has 0 spiro atoms. The van der Waals surface area contributed by atoms with Crippen molar-refractivity contribution < 1.29 is 9.90 Å². The molecule has 0 aliphatic rings. The number of unbranched alkanes of at least 4 members (excludes halogenated alkanes) is 2. The number of fused-ring (bicyclic) bond motifs is 1. The number of rotatable bonds is 6. The first-order valence-corrected chi connectivity index (χ1v) is 7.07. The zero-order chi connectivity index (χ0) is 13.7. The molecule has 102 valence electrons. The maximum absolute atomic E-state index is 11.9. The van der Waals surface area contributed by atoms with Gasteiger partial charge in [-0.2, -0.15) is 0 Å². The van der Waals surface area contributed by atoms with E-state index in [1.54, 1.807) is 6.07 Å². The van der Waals surface area contributed by atoms with Gasteiger partial charge in [-0.25, -0.2) is 4.98 Å². The Bertz CT molecular complexity index is 568. The number of aliphatic hydroxyl groups excluding tert-OH is 1. The molecule has 19 heavy (non-hydrogen) atoms. The van der Waals surface area contributed by atoms with E-state index >= 15 is 0 Å². The van der Waals surface area contributed by atoms with Crippen LogP contribution < -0.4 is 11.1 Å². The third kappa shape index (κ3) is 3.65. The zero-order valence-corrected chi connectivity index (χ0v) is 11.4. The van der Waals surface area contributed by atoms with E-state index in [0.717, 1.165) is 29.5 Å². The molecule has 5 nitrogen and oxygen atoms in total. The number of hydrogen-bond acceptors (Lipinski definition) is 5. The van der Waals surface area contributed by atoms with Gasteiger partial charge in [0.2, 0.25) is 0 Å². The fourth-order valence-corrected chi connectivity index (χ4v) is 2.57. The molecule has 1 heterocycles. The summed E-state index contributed by atoms with van der Waals surface area (Å²) < 4.78 is 0.922. The molecule has 0 aliphatic carbocycles. The Morgan fingerprint density at radius 1 is 1.37 bits per heavy atom. The van der Waals surface area contributed by atoms with Gasteiger partial charge in [0.15, 0.2) is 5.13 Å². The van der Waals surface area contributed by atoms with Crippen LogP contribution in [0, 0.1) is 0 Å². The number of nitrogen functional groups attached to an aromatic ring is 1. The maximum Gasteiger partial charge on any atom is 0.251 e. The van der Waals surface area contributed by atoms with Crippen molar-refractivity contribution in [2.45, 2.75) is 19.3 Å². The molecular weight excluding hydrogens is 262 g/mol. The number of hydrogen-bond donors (Lipinski definition) is 3. The van der Waals surface area contributed by atoms with E-state index in [1.807, 2.05) is 12.1 Å². The third-order valence-corrected chi connectivity index (χ3v) is 3.63. The van der Waals surface area contributed by atoms with Gasteiger partial charge >= 0.3 is 0 Å². The molecule has 0 radical (unpaired) electrons. The molecule has 0 aliphatic heterocycles. The van der Waals surface area contributed by atoms with Crippen molar-refractivity contribution in [2.24, 2.45) is 0 Å². The van der Waals surface area contributed by atoms with Gasteiger partial charge in [0.05, 0.1) is 10.2 Å². The van der Waals surface area contributed by atoms with Gasteiger partial charge in [-0.05, 0) is 37.5 Å². The Kier molecular flexibility index (Phi) is 4.70. The second-order valence-electron chi connectivity index (χ2n) is 4.27. The second kappa shape index (κ2) is 6.49. The Balaban J connectivity index is 1.93. The van der Waals surface area contributed by atoms with Gasteiger partial charge in [-0.3, -0.25) is 4.79 Å². The minimum atomic E-state index is -0.0853. The van der Waals surface area contributed by atoms with Crippen LogP contribution in [0.3, 0.4) is 0 Å². The molecule has 0 bridgehead atoms. The Morgan fingerprint density at radius 2 is 2.21 bits per heavy atom. The Morgan fingerprint density at radius 3 is 3.00 bits per heavy atom. The molecule has 0 saturated heterocycles. The summed E-state index contributed by atoms with van der Waals surface area (Å²) in [5, 5.41) is 12.0. The summed E-state index contributed by atoms with van der Waals surface area (Å²) in [5.74, 6) is -0.0853. The standard InChI is InChI=1S/C13H17N3O2S/c14-13-16-10-5-4-9(8-11(10)19-13)12(18)15-6-2-1-3-7-17/h4-5,8,17H,1-3,6-7H2,(H2,14,16)(H,15,18). The van der Waals surface area contributed by atoms with Crippen molar-refractivity contribution in [1.82, 2.24) is 10.3 Å². The smallest absolute Gasteiger partial charge is 0.251 e. The number of carbonyl (C=O) groups is 1. The van der Waals surface area contributed by atoms with Crippen LogP contribution in [0.2, 0.25) is 0 Å². The summed E-state index contributed by atoms with van der Waals surface area (Å²) in [6.45, 7) is 0.832. The predicted molar refractivity (Wildman–Crippen MR) is 77.3 cm³/mol. The SMILES string of the molecule is Nc1nc2ccc(C(=O)NCCCCCO)cc2s1. The minimum Gasteiger partial charge on any atom is -0.396 e. The zero-order valence-electron chi connectivity index (χ0n) is 10.6. The van der Waals surface area contributed by atoms with Crippen LogP contribution in [0.5, 0.6) is 0 Å². The van der Waals surface area contributed by atoms with Crippen LogP contribution in [0.1, 0.15) is 29.6 Å². The van der Waals surface area contributed by atoms with Gasteiger partial charge in [0.25, 0.3) is 5.91 Å². The van der Waals surface area contributed by atoms with Crippen LogP contribution in [-0.2, 0) is 0 Å². The van der Waals surface area contributed by atoms with Gasteiger partial charge in [-0.1, -0.05) is 11.3 Å². The first kappa shape index (κ1) is 13.8. The van der Waals surface area contributed by atoms with Gasteiger partial charge in [0, 0.05) is 18.7 Å². The summed E-state index contributed by atoms with van der Waals surface area (Å²) in [6, 6.07) is 5.37. The van der Waals surface area contributed by atoms with Crippen molar-refractivity contribution in [1.29, 1.82) is 0 Å². The van der Waals surface area contributed by atoms with E-state index in [0.29, 0.717) is 17.2 Å². The lowest BCUT2D eigenvalue weighted by Crippen LogP contribution is -2.24. The highest BCUT2D eigenvalue weighted by molar-refractivity contribution is 7.22. The number of aliphatic hydroxyl groups is 1. The first-order valence-electron chi connectivity index (χ1n) is 6.26. The minimum absolute atomic E-state index is 0.0853. The van der Waals surface area contributed by atoms with Gasteiger partial charge in [0.1, 0.15) is 0 Å². The fourth-order valence-electron chi connectivity index (χ4n) is 1.80. The van der Waals surface area contributed by atoms with Crippen molar-refractivity contribution in [3.05, 3.63) is 23.8 Å².